The number of nitrogens with zero attached hydrogens (tertiary/aromatic N) is 3. The van der Waals surface area contributed by atoms with Crippen molar-refractivity contribution in [3.05, 3.63) is 24.3 Å². The number of carbonyl (C=O) groups is 5. The van der Waals surface area contributed by atoms with Crippen LogP contribution >= 0.6 is 0 Å². The highest BCUT2D eigenvalue weighted by Gasteiger charge is 2.49. The van der Waals surface area contributed by atoms with Gasteiger partial charge in [-0.1, -0.05) is 86.0 Å². The molecule has 50 heavy (non-hydrogen) atoms. The van der Waals surface area contributed by atoms with E-state index in [0.29, 0.717) is 19.3 Å². The Morgan fingerprint density at radius 3 is 2.08 bits per heavy atom. The summed E-state index contributed by atoms with van der Waals surface area (Å²) in [6.07, 6.45) is 17.1. The van der Waals surface area contributed by atoms with Crippen LogP contribution in [0.1, 0.15) is 129 Å². The minimum atomic E-state index is -2.83. The maximum absolute atomic E-state index is 14.1. The third kappa shape index (κ3) is 12.0. The lowest BCUT2D eigenvalue weighted by molar-refractivity contribution is -0.198. The highest BCUT2D eigenvalue weighted by molar-refractivity contribution is 5.97. The number of rotatable bonds is 14. The second-order valence-corrected chi connectivity index (χ2v) is 14.9. The highest BCUT2D eigenvalue weighted by Crippen LogP contribution is 2.32. The molecule has 14 nitrogen and oxygen atoms in total. The fraction of sp³-hybridized carbons (Fsp3) is 0.750. The Morgan fingerprint density at radius 1 is 0.920 bits per heavy atom. The van der Waals surface area contributed by atoms with Gasteiger partial charge in [0.1, 0.15) is 17.8 Å². The van der Waals surface area contributed by atoms with Crippen molar-refractivity contribution in [1.82, 2.24) is 36.1 Å². The number of likely N-dealkylation sites (tertiary alicyclic amines) is 1. The van der Waals surface area contributed by atoms with Crippen molar-refractivity contribution in [2.75, 3.05) is 13.1 Å². The van der Waals surface area contributed by atoms with Gasteiger partial charge < -0.3 is 36.4 Å². The summed E-state index contributed by atoms with van der Waals surface area (Å²) in [6.45, 7) is 8.97. The van der Waals surface area contributed by atoms with E-state index in [4.69, 9.17) is 0 Å². The van der Waals surface area contributed by atoms with Gasteiger partial charge in [0.05, 0.1) is 18.8 Å². The number of aromatic nitrogens is 2. The fourth-order valence-electron chi connectivity index (χ4n) is 6.48. The number of hydrogen-bond acceptors (Lipinski definition) is 9. The zero-order chi connectivity index (χ0) is 36.9. The lowest BCUT2D eigenvalue weighted by Gasteiger charge is -2.37. The van der Waals surface area contributed by atoms with Crippen molar-refractivity contribution in [2.24, 2.45) is 11.3 Å². The third-order valence-electron chi connectivity index (χ3n) is 9.48. The fourth-order valence-corrected chi connectivity index (χ4v) is 6.48. The topological polar surface area (TPSA) is 203 Å². The van der Waals surface area contributed by atoms with Gasteiger partial charge in [-0.2, -0.15) is 0 Å². The smallest absolute Gasteiger partial charge is 0.282 e. The van der Waals surface area contributed by atoms with Crippen LogP contribution < -0.4 is 21.3 Å². The van der Waals surface area contributed by atoms with E-state index < -0.39 is 65.4 Å². The molecule has 0 bridgehead atoms. The van der Waals surface area contributed by atoms with E-state index in [0.717, 1.165) is 19.3 Å². The first kappa shape index (κ1) is 40.8. The van der Waals surface area contributed by atoms with Crippen molar-refractivity contribution in [2.45, 2.75) is 148 Å². The van der Waals surface area contributed by atoms with Crippen LogP contribution in [0.3, 0.4) is 0 Å². The summed E-state index contributed by atoms with van der Waals surface area (Å²) in [6, 6.07) is -3.39. The first-order valence-corrected chi connectivity index (χ1v) is 18.4. The normalized spacial score (nSPS) is 20.4. The number of hydrogen-bond donors (Lipinski definition) is 6. The molecular formula is C36H59N7O7. The van der Waals surface area contributed by atoms with Gasteiger partial charge in [-0.3, -0.25) is 29.0 Å². The Bertz CT molecular complexity index is 1270. The van der Waals surface area contributed by atoms with E-state index in [1.165, 1.54) is 62.0 Å². The zero-order valence-electron chi connectivity index (χ0n) is 30.5. The molecule has 2 saturated carbocycles. The van der Waals surface area contributed by atoms with Crippen molar-refractivity contribution >= 4 is 29.5 Å². The molecule has 1 aliphatic heterocycles. The molecule has 2 aliphatic carbocycles. The summed E-state index contributed by atoms with van der Waals surface area (Å²) in [5.41, 5.74) is -0.722. The van der Waals surface area contributed by atoms with E-state index in [-0.39, 0.29) is 30.6 Å². The van der Waals surface area contributed by atoms with Gasteiger partial charge in [-0.05, 0) is 43.4 Å². The second kappa shape index (κ2) is 19.1. The number of carbonyl (C=O) groups excluding carboxylic acids is 5. The maximum Gasteiger partial charge on any atom is 0.282 e. The Hall–Kier alpha value is -3.65. The van der Waals surface area contributed by atoms with E-state index >= 15 is 0 Å². The molecule has 280 valence electrons. The van der Waals surface area contributed by atoms with E-state index in [1.54, 1.807) is 27.7 Å². The van der Waals surface area contributed by atoms with E-state index in [2.05, 4.69) is 31.2 Å². The molecule has 4 atom stereocenters. The zero-order valence-corrected chi connectivity index (χ0v) is 30.5. The predicted octanol–water partition coefficient (Wildman–Crippen LogP) is 2.34. The molecule has 0 spiro atoms. The average Bonchev–Trinajstić information content (AvgIpc) is 3.82. The van der Waals surface area contributed by atoms with Crippen LogP contribution in [0.5, 0.6) is 0 Å². The van der Waals surface area contributed by atoms with Crippen molar-refractivity contribution in [3.8, 4) is 0 Å². The molecule has 2 heterocycles. The van der Waals surface area contributed by atoms with Crippen LogP contribution in [-0.2, 0) is 19.2 Å². The molecule has 6 N–H and O–H groups in total. The summed E-state index contributed by atoms with van der Waals surface area (Å²) in [5.74, 6) is -6.26. The lowest BCUT2D eigenvalue weighted by atomic mass is 9.85. The Labute approximate surface area is 296 Å². The van der Waals surface area contributed by atoms with Gasteiger partial charge in [0.15, 0.2) is 0 Å². The summed E-state index contributed by atoms with van der Waals surface area (Å²) in [7, 11) is 0. The van der Waals surface area contributed by atoms with Crippen LogP contribution in [0, 0.1) is 11.3 Å². The van der Waals surface area contributed by atoms with Crippen LogP contribution in [0.2, 0.25) is 0 Å². The highest BCUT2D eigenvalue weighted by atomic mass is 16.5. The number of aliphatic hydroxyl groups is 2. The second-order valence-electron chi connectivity index (χ2n) is 14.9. The van der Waals surface area contributed by atoms with E-state index in [9.17, 15) is 34.2 Å². The summed E-state index contributed by atoms with van der Waals surface area (Å²) in [4.78, 5) is 74.9. The Kier molecular flexibility index (Phi) is 15.6. The number of nitrogens with one attached hydrogen (secondary N) is 4. The summed E-state index contributed by atoms with van der Waals surface area (Å²) < 4.78 is 0. The van der Waals surface area contributed by atoms with E-state index in [1.807, 2.05) is 6.92 Å². The van der Waals surface area contributed by atoms with Crippen LogP contribution in [-0.4, -0.2) is 97.7 Å². The predicted molar refractivity (Wildman–Crippen MR) is 187 cm³/mol. The molecular weight excluding hydrogens is 642 g/mol. The molecule has 5 amide bonds. The molecule has 1 saturated heterocycles. The third-order valence-corrected chi connectivity index (χ3v) is 9.48. The van der Waals surface area contributed by atoms with Gasteiger partial charge in [0.25, 0.3) is 17.6 Å². The number of amides is 5. The maximum atomic E-state index is 14.1. The molecule has 0 radical (unpaired) electrons. The van der Waals surface area contributed by atoms with Gasteiger partial charge in [0, 0.05) is 25.0 Å². The standard InChI is InChI=1S/C30H47N7O7.C6H12/c1-6-8-18-12-15-37(23(18)26(40)35-21(9-7-2)30(43,44)28(42)34-19-10-11-19)27(41)24(29(3,4)5)36-22(38)17-33-25(39)20-16-31-13-14-32-20;1-2-4-6-5-3-1/h13-14,16,18-19,21,23-24,43-44H,6-12,15,17H2,1-5H3,(H,33,39)(H,34,42)(H,35,40)(H,36,38);1-6H2/t18-,21-,23?,24?;/m0./s1. The Morgan fingerprint density at radius 2 is 1.56 bits per heavy atom. The van der Waals surface area contributed by atoms with Crippen molar-refractivity contribution < 1.29 is 34.2 Å². The van der Waals surface area contributed by atoms with Crippen molar-refractivity contribution in [3.63, 3.8) is 0 Å². The largest absolute Gasteiger partial charge is 0.357 e. The van der Waals surface area contributed by atoms with Crippen molar-refractivity contribution in [1.29, 1.82) is 0 Å². The lowest BCUT2D eigenvalue weighted by Crippen LogP contribution is -2.64. The van der Waals surface area contributed by atoms with Crippen LogP contribution in [0.25, 0.3) is 0 Å². The molecule has 14 heteroatoms. The van der Waals surface area contributed by atoms with Gasteiger partial charge in [-0.15, -0.1) is 0 Å². The monoisotopic (exact) mass is 701 g/mol. The molecule has 1 aromatic rings. The minimum Gasteiger partial charge on any atom is -0.357 e. The Balaban J connectivity index is 0.00000101. The van der Waals surface area contributed by atoms with Gasteiger partial charge >= 0.3 is 0 Å². The molecule has 0 aromatic carbocycles. The van der Waals surface area contributed by atoms with Gasteiger partial charge in [0.2, 0.25) is 17.7 Å². The summed E-state index contributed by atoms with van der Waals surface area (Å²) >= 11 is 0. The van der Waals surface area contributed by atoms with Crippen LogP contribution in [0.15, 0.2) is 18.6 Å². The molecule has 4 rings (SSSR count). The van der Waals surface area contributed by atoms with Crippen LogP contribution in [0.4, 0.5) is 0 Å². The first-order valence-electron chi connectivity index (χ1n) is 18.4. The molecule has 2 unspecified atom stereocenters. The molecule has 3 aliphatic rings. The van der Waals surface area contributed by atoms with Gasteiger partial charge in [-0.25, -0.2) is 4.98 Å². The molecule has 3 fully saturated rings. The minimum absolute atomic E-state index is 0.0396. The quantitative estimate of drug-likeness (QED) is 0.157. The first-order chi connectivity index (χ1) is 23.7. The SMILES string of the molecule is C1CCCCC1.CCC[C@H]1CCN(C(=O)C(NC(=O)CNC(=O)c2cnccn2)C(C)(C)C)C1C(=O)N[C@@H](CCC)C(O)(O)C(=O)NC1CC1. The summed E-state index contributed by atoms with van der Waals surface area (Å²) in [5, 5.41) is 32.1. The average molecular weight is 702 g/mol. The molecule has 1 aromatic heterocycles.